The van der Waals surface area contributed by atoms with Crippen LogP contribution in [0, 0.1) is 6.92 Å². The van der Waals surface area contributed by atoms with E-state index in [2.05, 4.69) is 65.9 Å². The van der Waals surface area contributed by atoms with Gasteiger partial charge in [0.05, 0.1) is 10.6 Å². The topological polar surface area (TPSA) is 12.9 Å². The molecule has 0 aliphatic carbocycles. The van der Waals surface area contributed by atoms with E-state index < -0.39 is 0 Å². The van der Waals surface area contributed by atoms with E-state index in [1.807, 2.05) is 6.07 Å². The molecule has 0 aliphatic heterocycles. The van der Waals surface area contributed by atoms with Gasteiger partial charge in [-0.05, 0) is 35.6 Å². The van der Waals surface area contributed by atoms with Gasteiger partial charge >= 0.3 is 0 Å². The molecule has 0 N–H and O–H groups in total. The summed E-state index contributed by atoms with van der Waals surface area (Å²) in [4.78, 5) is 1.22. The summed E-state index contributed by atoms with van der Waals surface area (Å²) in [5.41, 5.74) is 4.78. The van der Waals surface area contributed by atoms with Gasteiger partial charge in [-0.1, -0.05) is 54.6 Å². The lowest BCUT2D eigenvalue weighted by Gasteiger charge is -2.00. The van der Waals surface area contributed by atoms with Gasteiger partial charge in [0.2, 0.25) is 0 Å². The van der Waals surface area contributed by atoms with Crippen LogP contribution in [0.4, 0.5) is 0 Å². The first-order valence-corrected chi connectivity index (χ1v) is 6.70. The van der Waals surface area contributed by atoms with Gasteiger partial charge in [0.15, 0.2) is 0 Å². The average Bonchev–Trinajstić information content (AvgIpc) is 2.90. The molecule has 0 radical (unpaired) electrons. The fraction of sp³-hybridized carbons (Fsp3) is 0.0625. The van der Waals surface area contributed by atoms with Crippen molar-refractivity contribution in [1.82, 2.24) is 4.37 Å². The molecular weight excluding hydrogens is 238 g/mol. The van der Waals surface area contributed by atoms with Crippen molar-refractivity contribution >= 4 is 11.5 Å². The van der Waals surface area contributed by atoms with E-state index in [1.54, 1.807) is 11.5 Å². The molecule has 0 bridgehead atoms. The Balaban J connectivity index is 2.03. The molecule has 1 heterocycles. The van der Waals surface area contributed by atoms with Crippen molar-refractivity contribution in [2.24, 2.45) is 0 Å². The highest BCUT2D eigenvalue weighted by molar-refractivity contribution is 7.09. The number of hydrogen-bond donors (Lipinski definition) is 0. The molecule has 3 aromatic rings. The summed E-state index contributed by atoms with van der Waals surface area (Å²) in [7, 11) is 0. The number of benzene rings is 2. The summed E-state index contributed by atoms with van der Waals surface area (Å²) in [6.07, 6.45) is 0. The lowest BCUT2D eigenvalue weighted by atomic mass is 10.1. The SMILES string of the molecule is Cc1ccccc1-c1cc(-c2ccccc2)sn1. The van der Waals surface area contributed by atoms with Crippen LogP contribution in [0.5, 0.6) is 0 Å². The average molecular weight is 251 g/mol. The Bertz CT molecular complexity index is 656. The van der Waals surface area contributed by atoms with Crippen LogP contribution in [0.1, 0.15) is 5.56 Å². The third-order valence-corrected chi connectivity index (χ3v) is 3.83. The zero-order chi connectivity index (χ0) is 12.4. The second-order valence-corrected chi connectivity index (χ2v) is 5.06. The van der Waals surface area contributed by atoms with E-state index in [-0.39, 0.29) is 0 Å². The Morgan fingerprint density at radius 3 is 2.39 bits per heavy atom. The van der Waals surface area contributed by atoms with Gasteiger partial charge in [0, 0.05) is 5.56 Å². The summed E-state index contributed by atoms with van der Waals surface area (Å²) in [6, 6.07) is 20.9. The molecule has 3 rings (SSSR count). The first kappa shape index (κ1) is 11.2. The van der Waals surface area contributed by atoms with E-state index in [4.69, 9.17) is 0 Å². The van der Waals surface area contributed by atoms with E-state index in [0.29, 0.717) is 0 Å². The maximum absolute atomic E-state index is 4.57. The van der Waals surface area contributed by atoms with E-state index in [1.165, 1.54) is 21.6 Å². The molecule has 1 nitrogen and oxygen atoms in total. The molecule has 0 amide bonds. The van der Waals surface area contributed by atoms with Crippen LogP contribution in [-0.4, -0.2) is 4.37 Å². The van der Waals surface area contributed by atoms with Crippen LogP contribution in [0.15, 0.2) is 60.7 Å². The number of nitrogens with zero attached hydrogens (tertiary/aromatic N) is 1. The van der Waals surface area contributed by atoms with Gasteiger partial charge in [0.25, 0.3) is 0 Å². The summed E-state index contributed by atoms with van der Waals surface area (Å²) >= 11 is 1.56. The first-order valence-electron chi connectivity index (χ1n) is 5.93. The van der Waals surface area contributed by atoms with Gasteiger partial charge in [-0.3, -0.25) is 0 Å². The molecular formula is C16H13NS. The maximum Gasteiger partial charge on any atom is 0.0849 e. The minimum atomic E-state index is 1.07. The molecule has 2 heteroatoms. The quantitative estimate of drug-likeness (QED) is 0.638. The highest BCUT2D eigenvalue weighted by Crippen LogP contribution is 2.30. The first-order chi connectivity index (χ1) is 8.84. The molecule has 0 aliphatic rings. The standard InChI is InChI=1S/C16H13NS/c1-12-7-5-6-10-14(12)15-11-16(18-17-15)13-8-3-2-4-9-13/h2-11H,1H3. The van der Waals surface area contributed by atoms with E-state index in [0.717, 1.165) is 5.69 Å². The van der Waals surface area contributed by atoms with Gasteiger partial charge in [0.1, 0.15) is 0 Å². The molecule has 0 fully saturated rings. The van der Waals surface area contributed by atoms with Gasteiger partial charge in [-0.25, -0.2) is 0 Å². The summed E-state index contributed by atoms with van der Waals surface area (Å²) in [5, 5.41) is 0. The number of aromatic nitrogens is 1. The smallest absolute Gasteiger partial charge is 0.0849 e. The Morgan fingerprint density at radius 2 is 1.61 bits per heavy atom. The highest BCUT2D eigenvalue weighted by atomic mass is 32.1. The summed E-state index contributed by atoms with van der Waals surface area (Å²) < 4.78 is 4.57. The van der Waals surface area contributed by atoms with Gasteiger partial charge in [-0.2, -0.15) is 4.37 Å². The van der Waals surface area contributed by atoms with Crippen LogP contribution in [0.2, 0.25) is 0 Å². The Morgan fingerprint density at radius 1 is 0.889 bits per heavy atom. The summed E-state index contributed by atoms with van der Waals surface area (Å²) in [5.74, 6) is 0. The highest BCUT2D eigenvalue weighted by Gasteiger charge is 2.07. The van der Waals surface area contributed by atoms with Crippen LogP contribution in [-0.2, 0) is 0 Å². The molecule has 0 saturated carbocycles. The molecule has 88 valence electrons. The van der Waals surface area contributed by atoms with Crippen molar-refractivity contribution < 1.29 is 0 Å². The maximum atomic E-state index is 4.57. The monoisotopic (exact) mass is 251 g/mol. The van der Waals surface area contributed by atoms with Crippen LogP contribution in [0.3, 0.4) is 0 Å². The van der Waals surface area contributed by atoms with Crippen molar-refractivity contribution in [1.29, 1.82) is 0 Å². The normalized spacial score (nSPS) is 10.5. The van der Waals surface area contributed by atoms with Crippen molar-refractivity contribution in [2.45, 2.75) is 6.92 Å². The Labute approximate surface area is 111 Å². The second kappa shape index (κ2) is 4.75. The molecule has 0 spiro atoms. The minimum absolute atomic E-state index is 1.07. The predicted molar refractivity (Wildman–Crippen MR) is 77.7 cm³/mol. The van der Waals surface area contributed by atoms with Crippen molar-refractivity contribution in [3.8, 4) is 21.7 Å². The third-order valence-electron chi connectivity index (χ3n) is 2.99. The van der Waals surface area contributed by atoms with E-state index in [9.17, 15) is 0 Å². The van der Waals surface area contributed by atoms with Gasteiger partial charge < -0.3 is 0 Å². The molecule has 18 heavy (non-hydrogen) atoms. The predicted octanol–water partition coefficient (Wildman–Crippen LogP) is 4.79. The lowest BCUT2D eigenvalue weighted by Crippen LogP contribution is -1.80. The molecule has 1 aromatic heterocycles. The number of aryl methyl sites for hydroxylation is 1. The minimum Gasteiger partial charge on any atom is -0.192 e. The van der Waals surface area contributed by atoms with Crippen LogP contribution in [0.25, 0.3) is 21.7 Å². The van der Waals surface area contributed by atoms with Crippen LogP contribution < -0.4 is 0 Å². The largest absolute Gasteiger partial charge is 0.192 e. The van der Waals surface area contributed by atoms with Gasteiger partial charge in [-0.15, -0.1) is 0 Å². The second-order valence-electron chi connectivity index (χ2n) is 4.26. The molecule has 0 unspecified atom stereocenters. The van der Waals surface area contributed by atoms with Crippen molar-refractivity contribution in [3.05, 3.63) is 66.2 Å². The molecule has 0 atom stereocenters. The zero-order valence-electron chi connectivity index (χ0n) is 10.1. The van der Waals surface area contributed by atoms with E-state index >= 15 is 0 Å². The summed E-state index contributed by atoms with van der Waals surface area (Å²) in [6.45, 7) is 2.12. The number of hydrogen-bond acceptors (Lipinski definition) is 2. The molecule has 0 saturated heterocycles. The lowest BCUT2D eigenvalue weighted by molar-refractivity contribution is 1.42. The number of rotatable bonds is 2. The Kier molecular flexibility index (Phi) is 2.95. The van der Waals surface area contributed by atoms with Crippen molar-refractivity contribution in [2.75, 3.05) is 0 Å². The van der Waals surface area contributed by atoms with Crippen LogP contribution >= 0.6 is 11.5 Å². The third kappa shape index (κ3) is 2.07. The fourth-order valence-electron chi connectivity index (χ4n) is 2.00. The fourth-order valence-corrected chi connectivity index (χ4v) is 2.75. The zero-order valence-corrected chi connectivity index (χ0v) is 10.9. The van der Waals surface area contributed by atoms with Crippen molar-refractivity contribution in [3.63, 3.8) is 0 Å². The molecule has 2 aromatic carbocycles. The Hall–Kier alpha value is -1.93.